The minimum absolute atomic E-state index is 0.374. The SMILES string of the molecule is CCN(CC1CCC1)S(=O)(=O)c1c[nH]c(CNC(C)C)c1. The molecule has 0 aromatic carbocycles. The number of H-pyrrole nitrogens is 1. The lowest BCUT2D eigenvalue weighted by Gasteiger charge is -2.30. The average molecular weight is 313 g/mol. The Morgan fingerprint density at radius 2 is 2.14 bits per heavy atom. The number of sulfonamides is 1. The van der Waals surface area contributed by atoms with Crippen LogP contribution in [-0.4, -0.2) is 36.8 Å². The van der Waals surface area contributed by atoms with E-state index in [4.69, 9.17) is 0 Å². The lowest BCUT2D eigenvalue weighted by Crippen LogP contribution is -2.37. The Bertz CT molecular complexity index is 547. The van der Waals surface area contributed by atoms with Crippen LogP contribution in [0.3, 0.4) is 0 Å². The quantitative estimate of drug-likeness (QED) is 0.774. The maximum Gasteiger partial charge on any atom is 0.244 e. The second kappa shape index (κ2) is 6.94. The van der Waals surface area contributed by atoms with Gasteiger partial charge in [-0.05, 0) is 24.8 Å². The van der Waals surface area contributed by atoms with Crippen molar-refractivity contribution in [3.05, 3.63) is 18.0 Å². The third-order valence-corrected chi connectivity index (χ3v) is 6.01. The molecule has 1 fully saturated rings. The molecule has 2 N–H and O–H groups in total. The van der Waals surface area contributed by atoms with E-state index in [1.54, 1.807) is 16.6 Å². The molecule has 0 aliphatic heterocycles. The van der Waals surface area contributed by atoms with Gasteiger partial charge >= 0.3 is 0 Å². The summed E-state index contributed by atoms with van der Waals surface area (Å²) >= 11 is 0. The van der Waals surface area contributed by atoms with Gasteiger partial charge in [0.25, 0.3) is 0 Å². The summed E-state index contributed by atoms with van der Waals surface area (Å²) in [6.07, 6.45) is 5.15. The van der Waals surface area contributed by atoms with E-state index in [-0.39, 0.29) is 0 Å². The molecule has 0 spiro atoms. The number of nitrogens with one attached hydrogen (secondary N) is 2. The van der Waals surface area contributed by atoms with Crippen molar-refractivity contribution in [1.82, 2.24) is 14.6 Å². The van der Waals surface area contributed by atoms with Crippen LogP contribution in [0.25, 0.3) is 0 Å². The van der Waals surface area contributed by atoms with Gasteiger partial charge in [0.05, 0.1) is 4.90 Å². The van der Waals surface area contributed by atoms with Crippen molar-refractivity contribution in [1.29, 1.82) is 0 Å². The topological polar surface area (TPSA) is 65.2 Å². The van der Waals surface area contributed by atoms with Crippen molar-refractivity contribution in [2.24, 2.45) is 5.92 Å². The highest BCUT2D eigenvalue weighted by atomic mass is 32.2. The zero-order chi connectivity index (χ0) is 15.5. The summed E-state index contributed by atoms with van der Waals surface area (Å²) in [5, 5.41) is 3.28. The van der Waals surface area contributed by atoms with Crippen molar-refractivity contribution >= 4 is 10.0 Å². The fourth-order valence-electron chi connectivity index (χ4n) is 2.49. The fraction of sp³-hybridized carbons (Fsp3) is 0.733. The predicted molar refractivity (Wildman–Crippen MR) is 84.5 cm³/mol. The highest BCUT2D eigenvalue weighted by molar-refractivity contribution is 7.89. The van der Waals surface area contributed by atoms with Gasteiger partial charge in [-0.3, -0.25) is 0 Å². The number of aromatic nitrogens is 1. The van der Waals surface area contributed by atoms with E-state index in [9.17, 15) is 8.42 Å². The third-order valence-electron chi connectivity index (χ3n) is 4.09. The third kappa shape index (κ3) is 4.08. The Morgan fingerprint density at radius 3 is 2.67 bits per heavy atom. The largest absolute Gasteiger partial charge is 0.363 e. The second-order valence-corrected chi connectivity index (χ2v) is 8.09. The van der Waals surface area contributed by atoms with Gasteiger partial charge in [-0.1, -0.05) is 27.2 Å². The molecule has 1 aromatic heterocycles. The molecule has 21 heavy (non-hydrogen) atoms. The summed E-state index contributed by atoms with van der Waals surface area (Å²) in [4.78, 5) is 3.44. The molecule has 0 atom stereocenters. The molecule has 120 valence electrons. The first-order chi connectivity index (χ1) is 9.93. The standard InChI is InChI=1S/C15H27N3O2S/c1-4-18(11-13-6-5-7-13)21(19,20)15-8-14(17-10-15)9-16-12(2)3/h8,10,12-13,16-17H,4-7,9,11H2,1-3H3. The van der Waals surface area contributed by atoms with Gasteiger partial charge in [-0.2, -0.15) is 4.31 Å². The van der Waals surface area contributed by atoms with E-state index in [0.717, 1.165) is 18.5 Å². The van der Waals surface area contributed by atoms with E-state index in [2.05, 4.69) is 24.1 Å². The molecular formula is C15H27N3O2S. The maximum atomic E-state index is 12.7. The van der Waals surface area contributed by atoms with Gasteiger partial charge in [0.15, 0.2) is 0 Å². The molecule has 0 unspecified atom stereocenters. The molecule has 6 heteroatoms. The van der Waals surface area contributed by atoms with Crippen LogP contribution < -0.4 is 5.32 Å². The molecule has 0 bridgehead atoms. The van der Waals surface area contributed by atoms with Gasteiger partial charge in [0.1, 0.15) is 0 Å². The Hall–Kier alpha value is -0.850. The Balaban J connectivity index is 2.06. The predicted octanol–water partition coefficient (Wildman–Crippen LogP) is 2.32. The van der Waals surface area contributed by atoms with E-state index in [1.807, 2.05) is 6.92 Å². The average Bonchev–Trinajstić information content (AvgIpc) is 2.84. The first kappa shape index (κ1) is 16.5. The van der Waals surface area contributed by atoms with Crippen LogP contribution in [0.4, 0.5) is 0 Å². The Labute approximate surface area is 128 Å². The second-order valence-electron chi connectivity index (χ2n) is 6.15. The molecule has 1 aliphatic carbocycles. The highest BCUT2D eigenvalue weighted by Gasteiger charge is 2.29. The van der Waals surface area contributed by atoms with Crippen molar-refractivity contribution in [3.63, 3.8) is 0 Å². The van der Waals surface area contributed by atoms with E-state index in [1.165, 1.54) is 6.42 Å². The van der Waals surface area contributed by atoms with E-state index in [0.29, 0.717) is 36.5 Å². The first-order valence-corrected chi connectivity index (χ1v) is 9.28. The maximum absolute atomic E-state index is 12.7. The summed E-state index contributed by atoms with van der Waals surface area (Å²) < 4.78 is 27.0. The number of nitrogens with zero attached hydrogens (tertiary/aromatic N) is 1. The highest BCUT2D eigenvalue weighted by Crippen LogP contribution is 2.29. The molecule has 0 saturated heterocycles. The van der Waals surface area contributed by atoms with Crippen LogP contribution in [0.5, 0.6) is 0 Å². The molecule has 1 saturated carbocycles. The zero-order valence-electron chi connectivity index (χ0n) is 13.2. The molecule has 0 radical (unpaired) electrons. The molecule has 1 aliphatic rings. The van der Waals surface area contributed by atoms with Crippen molar-refractivity contribution in [2.45, 2.75) is 57.5 Å². The van der Waals surface area contributed by atoms with Gasteiger partial charge in [0, 0.05) is 37.6 Å². The lowest BCUT2D eigenvalue weighted by molar-refractivity contribution is 0.250. The smallest absolute Gasteiger partial charge is 0.244 e. The minimum Gasteiger partial charge on any atom is -0.363 e. The zero-order valence-corrected chi connectivity index (χ0v) is 14.0. The molecule has 1 heterocycles. The Morgan fingerprint density at radius 1 is 1.43 bits per heavy atom. The molecule has 0 amide bonds. The van der Waals surface area contributed by atoms with Crippen LogP contribution in [0.2, 0.25) is 0 Å². The van der Waals surface area contributed by atoms with Crippen molar-refractivity contribution in [2.75, 3.05) is 13.1 Å². The van der Waals surface area contributed by atoms with Crippen molar-refractivity contribution in [3.8, 4) is 0 Å². The first-order valence-electron chi connectivity index (χ1n) is 7.84. The van der Waals surface area contributed by atoms with Gasteiger partial charge < -0.3 is 10.3 Å². The number of hydrogen-bond donors (Lipinski definition) is 2. The fourth-order valence-corrected chi connectivity index (χ4v) is 4.04. The van der Waals surface area contributed by atoms with Crippen molar-refractivity contribution < 1.29 is 8.42 Å². The summed E-state index contributed by atoms with van der Waals surface area (Å²) in [6, 6.07) is 2.12. The molecular weight excluding hydrogens is 286 g/mol. The van der Waals surface area contributed by atoms with Gasteiger partial charge in [-0.25, -0.2) is 8.42 Å². The van der Waals surface area contributed by atoms with Crippen LogP contribution in [0.15, 0.2) is 17.2 Å². The number of hydrogen-bond acceptors (Lipinski definition) is 3. The number of rotatable bonds is 8. The van der Waals surface area contributed by atoms with E-state index >= 15 is 0 Å². The summed E-state index contributed by atoms with van der Waals surface area (Å²) in [6.45, 7) is 7.88. The van der Waals surface area contributed by atoms with Crippen LogP contribution in [0.1, 0.15) is 45.7 Å². The lowest BCUT2D eigenvalue weighted by atomic mass is 9.85. The molecule has 1 aromatic rings. The van der Waals surface area contributed by atoms with Crippen LogP contribution >= 0.6 is 0 Å². The van der Waals surface area contributed by atoms with Gasteiger partial charge in [-0.15, -0.1) is 0 Å². The summed E-state index contributed by atoms with van der Waals surface area (Å²) in [5.74, 6) is 0.542. The monoisotopic (exact) mass is 313 g/mol. The Kier molecular flexibility index (Phi) is 5.46. The van der Waals surface area contributed by atoms with E-state index < -0.39 is 10.0 Å². The molecule has 5 nitrogen and oxygen atoms in total. The summed E-state index contributed by atoms with van der Waals surface area (Å²) in [5.41, 5.74) is 0.905. The van der Waals surface area contributed by atoms with Crippen LogP contribution in [-0.2, 0) is 16.6 Å². The minimum atomic E-state index is -3.37. The number of aromatic amines is 1. The molecule has 2 rings (SSSR count). The summed E-state index contributed by atoms with van der Waals surface area (Å²) in [7, 11) is -3.37. The van der Waals surface area contributed by atoms with Gasteiger partial charge in [0.2, 0.25) is 10.0 Å². The normalized spacial score (nSPS) is 16.6. The van der Waals surface area contributed by atoms with Crippen LogP contribution in [0, 0.1) is 5.92 Å².